The monoisotopic (exact) mass is 389 g/mol. The van der Waals surface area contributed by atoms with Gasteiger partial charge >= 0.3 is 0 Å². The van der Waals surface area contributed by atoms with Crippen LogP contribution in [0.3, 0.4) is 0 Å². The Balaban J connectivity index is 1.57. The Hall–Kier alpha value is -1.82. The molecule has 6 heteroatoms. The summed E-state index contributed by atoms with van der Waals surface area (Å²) in [5.74, 6) is 3.03. The second kappa shape index (κ2) is 8.05. The molecule has 0 aliphatic carbocycles. The van der Waals surface area contributed by atoms with Crippen molar-refractivity contribution in [3.63, 3.8) is 0 Å². The molecule has 0 spiro atoms. The third-order valence-corrected chi connectivity index (χ3v) is 6.41. The summed E-state index contributed by atoms with van der Waals surface area (Å²) in [6, 6.07) is 4.92. The number of halogens is 2. The zero-order valence-corrected chi connectivity index (χ0v) is 16.4. The lowest BCUT2D eigenvalue weighted by Gasteiger charge is -2.32. The molecule has 0 bridgehead atoms. The van der Waals surface area contributed by atoms with Crippen molar-refractivity contribution in [2.45, 2.75) is 38.6 Å². The van der Waals surface area contributed by atoms with Gasteiger partial charge in [0.05, 0.1) is 6.04 Å². The number of hydrogen-bond donors (Lipinski definition) is 0. The molecule has 3 nitrogen and oxygen atoms in total. The van der Waals surface area contributed by atoms with Gasteiger partial charge in [-0.2, -0.15) is 11.8 Å². The Morgan fingerprint density at radius 1 is 1.30 bits per heavy atom. The minimum atomic E-state index is -0.782. The molecule has 1 unspecified atom stereocenters. The van der Waals surface area contributed by atoms with E-state index in [0.717, 1.165) is 55.0 Å². The highest BCUT2D eigenvalue weighted by atomic mass is 32.2. The fourth-order valence-electron chi connectivity index (χ4n) is 3.89. The van der Waals surface area contributed by atoms with Crippen molar-refractivity contribution in [2.75, 3.05) is 24.6 Å². The number of hydrogen-bond acceptors (Lipinski definition) is 4. The third kappa shape index (κ3) is 3.77. The summed E-state index contributed by atoms with van der Waals surface area (Å²) in [6.45, 7) is 4.21. The van der Waals surface area contributed by atoms with Gasteiger partial charge in [-0.1, -0.05) is 25.5 Å². The van der Waals surface area contributed by atoms with Crippen molar-refractivity contribution < 1.29 is 8.78 Å². The molecule has 0 radical (unpaired) electrons. The van der Waals surface area contributed by atoms with Crippen LogP contribution in [0, 0.1) is 11.6 Å². The summed E-state index contributed by atoms with van der Waals surface area (Å²) in [7, 11) is 0. The first-order valence-corrected chi connectivity index (χ1v) is 10.9. The van der Waals surface area contributed by atoms with E-state index < -0.39 is 11.6 Å². The maximum atomic E-state index is 14.0. The quantitative estimate of drug-likeness (QED) is 0.735. The van der Waals surface area contributed by atoms with E-state index in [9.17, 15) is 8.78 Å². The Bertz CT molecular complexity index is 803. The fraction of sp³-hybridized carbons (Fsp3) is 0.476. The lowest BCUT2D eigenvalue weighted by molar-refractivity contribution is 0.328. The minimum absolute atomic E-state index is 0.413. The maximum Gasteiger partial charge on any atom is 0.162 e. The van der Waals surface area contributed by atoms with Gasteiger partial charge in [-0.15, -0.1) is 0 Å². The molecular formula is C21H25F2N3S. The van der Waals surface area contributed by atoms with Crippen LogP contribution < -0.4 is 0 Å². The minimum Gasteiger partial charge on any atom is -0.351 e. The fourth-order valence-corrected chi connectivity index (χ4v) is 4.94. The molecule has 27 heavy (non-hydrogen) atoms. The average molecular weight is 390 g/mol. The van der Waals surface area contributed by atoms with Crippen LogP contribution in [0.2, 0.25) is 0 Å². The largest absolute Gasteiger partial charge is 0.351 e. The molecule has 4 rings (SSSR count). The number of aliphatic imine (C=N–C) groups is 1. The van der Waals surface area contributed by atoms with Crippen LogP contribution >= 0.6 is 11.8 Å². The van der Waals surface area contributed by atoms with Gasteiger partial charge in [0.2, 0.25) is 0 Å². The summed E-state index contributed by atoms with van der Waals surface area (Å²) < 4.78 is 27.4. The normalized spacial score (nSPS) is 23.2. The molecule has 0 N–H and O–H groups in total. The highest BCUT2D eigenvalue weighted by Gasteiger charge is 2.38. The standard InChI is InChI=1S/C21H25F2N3S/c1-2-3-7-19-24-16(9-8-15-5-4-6-18(22)21(15)23)12-20-25-10-11-27-14-17(25)13-26(19)20/h4-7,12,17H,2-3,8-11,13-14H2,1H3/b19-7-. The van der Waals surface area contributed by atoms with E-state index in [4.69, 9.17) is 4.99 Å². The highest BCUT2D eigenvalue weighted by Crippen LogP contribution is 2.35. The first kappa shape index (κ1) is 18.5. The van der Waals surface area contributed by atoms with Gasteiger partial charge < -0.3 is 9.80 Å². The number of aryl methyl sites for hydroxylation is 1. The number of allylic oxidation sites excluding steroid dienone is 2. The van der Waals surface area contributed by atoms with E-state index in [1.807, 2.05) is 11.8 Å². The topological polar surface area (TPSA) is 18.8 Å². The third-order valence-electron chi connectivity index (χ3n) is 5.32. The van der Waals surface area contributed by atoms with Crippen LogP contribution in [-0.2, 0) is 6.42 Å². The van der Waals surface area contributed by atoms with E-state index in [2.05, 4.69) is 28.9 Å². The number of benzene rings is 1. The maximum absolute atomic E-state index is 14.0. The zero-order chi connectivity index (χ0) is 18.8. The number of fused-ring (bicyclic) bond motifs is 3. The van der Waals surface area contributed by atoms with Crippen molar-refractivity contribution in [2.24, 2.45) is 4.99 Å². The molecule has 144 valence electrons. The molecule has 2 fully saturated rings. The highest BCUT2D eigenvalue weighted by molar-refractivity contribution is 7.99. The van der Waals surface area contributed by atoms with Crippen molar-refractivity contribution in [3.05, 3.63) is 59.2 Å². The Morgan fingerprint density at radius 2 is 2.19 bits per heavy atom. The summed E-state index contributed by atoms with van der Waals surface area (Å²) in [5.41, 5.74) is 1.36. The van der Waals surface area contributed by atoms with Crippen molar-refractivity contribution in [1.82, 2.24) is 9.80 Å². The molecular weight excluding hydrogens is 364 g/mol. The SMILES string of the molecule is CCC/C=C1/N=C(CCc2cccc(F)c2F)C=C2N1CC1CSCCN21. The second-order valence-corrected chi connectivity index (χ2v) is 8.35. The van der Waals surface area contributed by atoms with Gasteiger partial charge in [0.15, 0.2) is 11.6 Å². The Labute approximate surface area is 163 Å². The number of thioether (sulfide) groups is 1. The molecule has 3 aliphatic heterocycles. The van der Waals surface area contributed by atoms with E-state index in [1.54, 1.807) is 12.1 Å². The lowest BCUT2D eigenvalue weighted by Crippen LogP contribution is -2.37. The van der Waals surface area contributed by atoms with Gasteiger partial charge in [0.25, 0.3) is 0 Å². The molecule has 0 amide bonds. The van der Waals surface area contributed by atoms with Gasteiger partial charge in [-0.25, -0.2) is 13.8 Å². The molecule has 1 aromatic rings. The number of unbranched alkanes of at least 4 members (excludes halogenated alkanes) is 1. The van der Waals surface area contributed by atoms with Crippen molar-refractivity contribution >= 4 is 17.5 Å². The number of nitrogens with zero attached hydrogens (tertiary/aromatic N) is 3. The summed E-state index contributed by atoms with van der Waals surface area (Å²) >= 11 is 2.02. The summed E-state index contributed by atoms with van der Waals surface area (Å²) in [4.78, 5) is 9.69. The van der Waals surface area contributed by atoms with Gasteiger partial charge in [0, 0.05) is 36.4 Å². The van der Waals surface area contributed by atoms with Crippen LogP contribution in [0.5, 0.6) is 0 Å². The van der Waals surface area contributed by atoms with Crippen LogP contribution in [-0.4, -0.2) is 46.1 Å². The van der Waals surface area contributed by atoms with Gasteiger partial charge in [-0.3, -0.25) is 0 Å². The van der Waals surface area contributed by atoms with Gasteiger partial charge in [-0.05, 0) is 37.0 Å². The average Bonchev–Trinajstić information content (AvgIpc) is 3.06. The zero-order valence-electron chi connectivity index (χ0n) is 15.6. The van der Waals surface area contributed by atoms with Crippen molar-refractivity contribution in [3.8, 4) is 0 Å². The molecule has 3 aliphatic rings. The first-order chi connectivity index (χ1) is 13.2. The van der Waals surface area contributed by atoms with E-state index in [0.29, 0.717) is 24.4 Å². The smallest absolute Gasteiger partial charge is 0.162 e. The summed E-state index contributed by atoms with van der Waals surface area (Å²) in [6.07, 6.45) is 7.49. The molecule has 2 saturated heterocycles. The molecule has 1 aromatic carbocycles. The predicted molar refractivity (Wildman–Crippen MR) is 108 cm³/mol. The van der Waals surface area contributed by atoms with Crippen LogP contribution in [0.4, 0.5) is 8.78 Å². The lowest BCUT2D eigenvalue weighted by atomic mass is 10.1. The van der Waals surface area contributed by atoms with Crippen LogP contribution in [0.25, 0.3) is 0 Å². The first-order valence-electron chi connectivity index (χ1n) is 9.71. The van der Waals surface area contributed by atoms with Gasteiger partial charge in [0.1, 0.15) is 11.6 Å². The van der Waals surface area contributed by atoms with Crippen molar-refractivity contribution in [1.29, 1.82) is 0 Å². The Kier molecular flexibility index (Phi) is 5.53. The summed E-state index contributed by atoms with van der Waals surface area (Å²) in [5, 5.41) is 0. The van der Waals surface area contributed by atoms with E-state index in [1.165, 1.54) is 5.82 Å². The molecule has 1 atom stereocenters. The second-order valence-electron chi connectivity index (χ2n) is 7.20. The molecule has 0 saturated carbocycles. The van der Waals surface area contributed by atoms with E-state index in [-0.39, 0.29) is 0 Å². The van der Waals surface area contributed by atoms with Crippen LogP contribution in [0.15, 0.2) is 47.0 Å². The van der Waals surface area contributed by atoms with Crippen LogP contribution in [0.1, 0.15) is 31.7 Å². The molecule has 0 aromatic heterocycles. The predicted octanol–water partition coefficient (Wildman–Crippen LogP) is 4.57. The Morgan fingerprint density at radius 3 is 3.04 bits per heavy atom. The number of rotatable bonds is 5. The molecule has 3 heterocycles. The van der Waals surface area contributed by atoms with E-state index >= 15 is 0 Å².